The molecule has 0 saturated carbocycles. The zero-order valence-electron chi connectivity index (χ0n) is 35.7. The fourth-order valence-corrected chi connectivity index (χ4v) is 6.87. The second-order valence-corrected chi connectivity index (χ2v) is 14.7. The summed E-state index contributed by atoms with van der Waals surface area (Å²) in [5.74, 6) is 3.10. The SMILES string of the molecule is C#Cc1cnc2c(NCCCO)nc3cc(C(F)(F)F)ccc3n12.OCCCNc1nc2cc(C(F)(F)F)ccc2n2c(-c3cn(Cc4ccccc4)nn3)cnc12.[N-]=[N+]=NCc1ccccc1. The molecular formula is C46H40F6N14O2. The maximum atomic E-state index is 13.3. The van der Waals surface area contributed by atoms with Crippen molar-refractivity contribution in [2.75, 3.05) is 36.9 Å². The van der Waals surface area contributed by atoms with Crippen LogP contribution in [-0.4, -0.2) is 80.2 Å². The molecular weight excluding hydrogens is 895 g/mol. The summed E-state index contributed by atoms with van der Waals surface area (Å²) in [5.41, 5.74) is 12.1. The van der Waals surface area contributed by atoms with Gasteiger partial charge in [-0.1, -0.05) is 76.9 Å². The van der Waals surface area contributed by atoms with Gasteiger partial charge in [0.1, 0.15) is 11.4 Å². The second kappa shape index (κ2) is 21.4. The number of hydrogen-bond acceptors (Lipinski definition) is 11. The first-order valence-corrected chi connectivity index (χ1v) is 20.7. The van der Waals surface area contributed by atoms with Crippen molar-refractivity contribution in [2.45, 2.75) is 38.3 Å². The number of aliphatic hydroxyl groups is 2. The number of benzene rings is 4. The van der Waals surface area contributed by atoms with Crippen LogP contribution in [0.1, 0.15) is 40.8 Å². The number of anilines is 2. The molecule has 0 bridgehead atoms. The molecule has 4 aromatic carbocycles. The second-order valence-electron chi connectivity index (χ2n) is 14.7. The Hall–Kier alpha value is -8.25. The molecule has 9 aromatic rings. The topological polar surface area (TPSA) is 204 Å². The lowest BCUT2D eigenvalue weighted by Gasteiger charge is -2.12. The molecule has 0 unspecified atom stereocenters. The molecule has 348 valence electrons. The smallest absolute Gasteiger partial charge is 0.396 e. The fraction of sp³-hybridized carbons (Fsp3) is 0.217. The average Bonchev–Trinajstić information content (AvgIpc) is 4.11. The number of nitrogens with one attached hydrogen (secondary N) is 2. The Balaban J connectivity index is 0.000000174. The highest BCUT2D eigenvalue weighted by atomic mass is 19.4. The van der Waals surface area contributed by atoms with Crippen molar-refractivity contribution in [3.8, 4) is 23.7 Å². The maximum Gasteiger partial charge on any atom is 0.416 e. The third-order valence-electron chi connectivity index (χ3n) is 10.0. The molecule has 0 aliphatic carbocycles. The summed E-state index contributed by atoms with van der Waals surface area (Å²) < 4.78 is 83.8. The Morgan fingerprint density at radius 3 is 1.76 bits per heavy atom. The van der Waals surface area contributed by atoms with Crippen molar-refractivity contribution in [3.63, 3.8) is 0 Å². The van der Waals surface area contributed by atoms with Gasteiger partial charge in [-0.15, -0.1) is 11.5 Å². The quantitative estimate of drug-likeness (QED) is 0.0215. The van der Waals surface area contributed by atoms with Gasteiger partial charge in [-0.2, -0.15) is 26.3 Å². The lowest BCUT2D eigenvalue weighted by molar-refractivity contribution is -0.138. The van der Waals surface area contributed by atoms with Gasteiger partial charge in [0.05, 0.1) is 70.6 Å². The fourth-order valence-electron chi connectivity index (χ4n) is 6.87. The molecule has 0 spiro atoms. The summed E-state index contributed by atoms with van der Waals surface area (Å²) in [6.07, 6.45) is 2.26. The van der Waals surface area contributed by atoms with E-state index in [-0.39, 0.29) is 24.2 Å². The summed E-state index contributed by atoms with van der Waals surface area (Å²) in [7, 11) is 0. The highest BCUT2D eigenvalue weighted by Crippen LogP contribution is 2.35. The number of alkyl halides is 6. The summed E-state index contributed by atoms with van der Waals surface area (Å²) in [4.78, 5) is 20.0. The van der Waals surface area contributed by atoms with Gasteiger partial charge < -0.3 is 20.8 Å². The van der Waals surface area contributed by atoms with Crippen LogP contribution in [-0.2, 0) is 25.4 Å². The van der Waals surface area contributed by atoms with Crippen molar-refractivity contribution in [1.29, 1.82) is 0 Å². The number of nitrogens with zero attached hydrogens (tertiary/aromatic N) is 12. The minimum Gasteiger partial charge on any atom is -0.396 e. The Bertz CT molecular complexity index is 3230. The monoisotopic (exact) mass is 934 g/mol. The van der Waals surface area contributed by atoms with E-state index in [1.54, 1.807) is 25.9 Å². The molecule has 0 saturated heterocycles. The Labute approximate surface area is 382 Å². The van der Waals surface area contributed by atoms with Crippen LogP contribution in [0.15, 0.2) is 121 Å². The van der Waals surface area contributed by atoms with Crippen LogP contribution in [0.5, 0.6) is 0 Å². The Morgan fingerprint density at radius 1 is 0.706 bits per heavy atom. The lowest BCUT2D eigenvalue weighted by atomic mass is 10.2. The Morgan fingerprint density at radius 2 is 1.24 bits per heavy atom. The summed E-state index contributed by atoms with van der Waals surface area (Å²) in [6, 6.07) is 26.1. The number of fused-ring (bicyclic) bond motifs is 6. The van der Waals surface area contributed by atoms with Crippen LogP contribution in [0, 0.1) is 12.3 Å². The number of rotatable bonds is 13. The zero-order valence-corrected chi connectivity index (χ0v) is 35.7. The largest absolute Gasteiger partial charge is 0.416 e. The van der Waals surface area contributed by atoms with E-state index in [0.717, 1.165) is 35.4 Å². The van der Waals surface area contributed by atoms with E-state index in [4.69, 9.17) is 22.2 Å². The minimum absolute atomic E-state index is 0.0147. The van der Waals surface area contributed by atoms with Crippen molar-refractivity contribution < 1.29 is 36.6 Å². The van der Waals surface area contributed by atoms with Crippen molar-refractivity contribution in [1.82, 2.24) is 43.7 Å². The number of aliphatic hydroxyl groups excluding tert-OH is 2. The molecule has 68 heavy (non-hydrogen) atoms. The molecule has 0 fully saturated rings. The number of terminal acetylenes is 1. The van der Waals surface area contributed by atoms with Crippen molar-refractivity contribution in [3.05, 3.63) is 154 Å². The van der Waals surface area contributed by atoms with Gasteiger partial charge >= 0.3 is 12.4 Å². The van der Waals surface area contributed by atoms with E-state index >= 15 is 0 Å². The molecule has 22 heteroatoms. The normalized spacial score (nSPS) is 11.4. The average molecular weight is 935 g/mol. The van der Waals surface area contributed by atoms with E-state index in [2.05, 4.69) is 56.8 Å². The van der Waals surface area contributed by atoms with Gasteiger partial charge in [0.15, 0.2) is 22.9 Å². The van der Waals surface area contributed by atoms with E-state index in [1.807, 2.05) is 60.7 Å². The molecule has 5 heterocycles. The molecule has 0 radical (unpaired) electrons. The molecule has 5 aromatic heterocycles. The first-order chi connectivity index (χ1) is 32.8. The number of imidazole rings is 2. The van der Waals surface area contributed by atoms with Crippen LogP contribution in [0.25, 0.3) is 55.2 Å². The van der Waals surface area contributed by atoms with Gasteiger partial charge in [-0.05, 0) is 65.9 Å². The van der Waals surface area contributed by atoms with Crippen molar-refractivity contribution >= 4 is 45.0 Å². The van der Waals surface area contributed by atoms with Crippen LogP contribution in [0.3, 0.4) is 0 Å². The van der Waals surface area contributed by atoms with Crippen LogP contribution in [0.2, 0.25) is 0 Å². The molecule has 0 amide bonds. The van der Waals surface area contributed by atoms with E-state index in [1.165, 1.54) is 18.3 Å². The highest BCUT2D eigenvalue weighted by molar-refractivity contribution is 5.87. The van der Waals surface area contributed by atoms with E-state index < -0.39 is 23.5 Å². The number of azide groups is 1. The van der Waals surface area contributed by atoms with Gasteiger partial charge in [-0.25, -0.2) is 24.6 Å². The number of hydrogen-bond donors (Lipinski definition) is 4. The van der Waals surface area contributed by atoms with Crippen LogP contribution < -0.4 is 10.6 Å². The predicted molar refractivity (Wildman–Crippen MR) is 243 cm³/mol. The summed E-state index contributed by atoms with van der Waals surface area (Å²) in [6.45, 7) is 1.71. The molecule has 4 N–H and O–H groups in total. The third-order valence-corrected chi connectivity index (χ3v) is 10.0. The standard InChI is InChI=1S/C23H20F3N7O.C16H13F3N4O.C7H7N3/c24-23(25,26)16-7-8-19-17(11-16)29-21(27-9-4-10-34)22-28-12-20(33(19)22)18-14-32(31-30-18)13-15-5-2-1-3-6-15;1-2-11-9-21-15-14(20-6-3-7-24)22-12-8-10(16(17,18)19)4-5-13(12)23(11)15;8-10-9-6-7-4-2-1-3-5-7/h1-3,5-8,11-12,14,34H,4,9-10,13H2,(H,27,29);1,4-5,8-9,24H,3,6-7H2,(H,20,22);1-5H,6H2. The molecule has 0 atom stereocenters. The first kappa shape index (κ1) is 47.7. The van der Waals surface area contributed by atoms with Crippen molar-refractivity contribution in [2.24, 2.45) is 5.11 Å². The molecule has 0 aliphatic rings. The first-order valence-electron chi connectivity index (χ1n) is 20.7. The molecule has 0 aliphatic heterocycles. The minimum atomic E-state index is -4.49. The molecule has 9 rings (SSSR count). The Kier molecular flexibility index (Phi) is 15.0. The summed E-state index contributed by atoms with van der Waals surface area (Å²) >= 11 is 0. The van der Waals surface area contributed by atoms with Crippen LogP contribution in [0.4, 0.5) is 38.0 Å². The van der Waals surface area contributed by atoms with Crippen LogP contribution >= 0.6 is 0 Å². The third kappa shape index (κ3) is 11.2. The van der Waals surface area contributed by atoms with Gasteiger partial charge in [0, 0.05) is 31.2 Å². The number of aromatic nitrogens is 9. The van der Waals surface area contributed by atoms with Gasteiger partial charge in [0.2, 0.25) is 0 Å². The maximum absolute atomic E-state index is 13.3. The zero-order chi connectivity index (χ0) is 48.3. The molecule has 16 nitrogen and oxygen atoms in total. The summed E-state index contributed by atoms with van der Waals surface area (Å²) in [5, 5.41) is 35.9. The van der Waals surface area contributed by atoms with E-state index in [0.29, 0.717) is 90.1 Å². The highest BCUT2D eigenvalue weighted by Gasteiger charge is 2.32. The van der Waals surface area contributed by atoms with E-state index in [9.17, 15) is 26.3 Å². The predicted octanol–water partition coefficient (Wildman–Crippen LogP) is 9.18. The van der Waals surface area contributed by atoms with Gasteiger partial charge in [0.25, 0.3) is 0 Å². The lowest BCUT2D eigenvalue weighted by Crippen LogP contribution is -2.09. The van der Waals surface area contributed by atoms with Gasteiger partial charge in [-0.3, -0.25) is 8.80 Å². The number of halogens is 6.